The van der Waals surface area contributed by atoms with E-state index in [1.165, 1.54) is 0 Å². The van der Waals surface area contributed by atoms with Crippen molar-refractivity contribution in [1.82, 2.24) is 15.5 Å². The number of nitrogens with one attached hydrogen (secondary N) is 1. The summed E-state index contributed by atoms with van der Waals surface area (Å²) in [5.74, 6) is 1.04. The first-order valence-corrected chi connectivity index (χ1v) is 6.68. The Balaban J connectivity index is 2.11. The lowest BCUT2D eigenvalue weighted by Crippen LogP contribution is -2.19. The van der Waals surface area contributed by atoms with Gasteiger partial charge in [0.15, 0.2) is 0 Å². The van der Waals surface area contributed by atoms with Gasteiger partial charge in [0.05, 0.1) is 5.60 Å². The van der Waals surface area contributed by atoms with Gasteiger partial charge in [-0.1, -0.05) is 30.3 Å². The Morgan fingerprint density at radius 3 is 2.50 bits per heavy atom. The third-order valence-corrected chi connectivity index (χ3v) is 2.78. The fourth-order valence-corrected chi connectivity index (χ4v) is 1.80. The van der Waals surface area contributed by atoms with Crippen molar-refractivity contribution in [2.45, 2.75) is 39.0 Å². The van der Waals surface area contributed by atoms with E-state index in [1.807, 2.05) is 58.2 Å². The van der Waals surface area contributed by atoms with Gasteiger partial charge in [0.1, 0.15) is 12.6 Å². The van der Waals surface area contributed by atoms with Crippen LogP contribution in [0.5, 0.6) is 0 Å². The molecule has 0 aliphatic carbocycles. The average Bonchev–Trinajstić information content (AvgIpc) is 2.87. The second-order valence-corrected chi connectivity index (χ2v) is 5.57. The minimum atomic E-state index is -0.226. The van der Waals surface area contributed by atoms with E-state index >= 15 is 0 Å². The number of hydrogen-bond acceptors (Lipinski definition) is 5. The van der Waals surface area contributed by atoms with Crippen molar-refractivity contribution in [2.24, 2.45) is 0 Å². The summed E-state index contributed by atoms with van der Waals surface area (Å²) in [6, 6.07) is 9.89. The van der Waals surface area contributed by atoms with Gasteiger partial charge < -0.3 is 14.5 Å². The second kappa shape index (κ2) is 6.15. The molecule has 20 heavy (non-hydrogen) atoms. The van der Waals surface area contributed by atoms with Crippen LogP contribution in [0, 0.1) is 0 Å². The lowest BCUT2D eigenvalue weighted by molar-refractivity contribution is -0.0248. The van der Waals surface area contributed by atoms with Crippen LogP contribution in [0.4, 0.5) is 0 Å². The molecule has 0 aliphatic heterocycles. The smallest absolute Gasteiger partial charge is 0.242 e. The molecule has 2 rings (SSSR count). The number of ether oxygens (including phenoxy) is 1. The molecular formula is C15H21N3O2. The maximum absolute atomic E-state index is 5.68. The van der Waals surface area contributed by atoms with Crippen LogP contribution < -0.4 is 5.32 Å². The first-order valence-electron chi connectivity index (χ1n) is 6.68. The van der Waals surface area contributed by atoms with Crippen molar-refractivity contribution >= 4 is 0 Å². The maximum atomic E-state index is 5.68. The van der Waals surface area contributed by atoms with Crippen LogP contribution in [0.3, 0.4) is 0 Å². The van der Waals surface area contributed by atoms with Crippen molar-refractivity contribution in [3.8, 4) is 0 Å². The van der Waals surface area contributed by atoms with Crippen LogP contribution in [0.2, 0.25) is 0 Å². The van der Waals surface area contributed by atoms with Gasteiger partial charge in [-0.3, -0.25) is 0 Å². The second-order valence-electron chi connectivity index (χ2n) is 5.57. The van der Waals surface area contributed by atoms with E-state index in [-0.39, 0.29) is 11.6 Å². The fourth-order valence-electron chi connectivity index (χ4n) is 1.80. The Morgan fingerprint density at radius 1 is 1.20 bits per heavy atom. The van der Waals surface area contributed by atoms with E-state index in [9.17, 15) is 0 Å². The molecular weight excluding hydrogens is 254 g/mol. The zero-order chi connectivity index (χ0) is 14.6. The van der Waals surface area contributed by atoms with Crippen LogP contribution in [0.15, 0.2) is 34.7 Å². The summed E-state index contributed by atoms with van der Waals surface area (Å²) in [6.45, 7) is 6.29. The molecule has 1 unspecified atom stereocenters. The summed E-state index contributed by atoms with van der Waals surface area (Å²) in [5.41, 5.74) is 0.859. The standard InChI is InChI=1S/C15H21N3O2/c1-15(2,3)19-10-12-17-18-14(20-12)13(16-4)11-8-6-5-7-9-11/h5-9,13,16H,10H2,1-4H3. The predicted molar refractivity (Wildman–Crippen MR) is 76.2 cm³/mol. The lowest BCUT2D eigenvalue weighted by Gasteiger charge is -2.17. The Bertz CT molecular complexity index is 532. The van der Waals surface area contributed by atoms with Gasteiger partial charge in [0.25, 0.3) is 0 Å². The van der Waals surface area contributed by atoms with Gasteiger partial charge in [-0.25, -0.2) is 0 Å². The summed E-state index contributed by atoms with van der Waals surface area (Å²) in [5, 5.41) is 11.3. The van der Waals surface area contributed by atoms with Crippen molar-refractivity contribution < 1.29 is 9.15 Å². The highest BCUT2D eigenvalue weighted by Crippen LogP contribution is 2.21. The molecule has 1 heterocycles. The highest BCUT2D eigenvalue weighted by molar-refractivity contribution is 5.23. The first-order chi connectivity index (χ1) is 9.49. The van der Waals surface area contributed by atoms with Gasteiger partial charge in [-0.2, -0.15) is 0 Å². The summed E-state index contributed by atoms with van der Waals surface area (Å²) in [6.07, 6.45) is 0. The van der Waals surface area contributed by atoms with E-state index in [4.69, 9.17) is 9.15 Å². The molecule has 0 amide bonds. The number of nitrogens with zero attached hydrogens (tertiary/aromatic N) is 2. The lowest BCUT2D eigenvalue weighted by atomic mass is 10.1. The van der Waals surface area contributed by atoms with Crippen LogP contribution in [-0.2, 0) is 11.3 Å². The largest absolute Gasteiger partial charge is 0.421 e. The van der Waals surface area contributed by atoms with Crippen LogP contribution in [0.1, 0.15) is 44.2 Å². The summed E-state index contributed by atoms with van der Waals surface area (Å²) in [7, 11) is 1.87. The van der Waals surface area contributed by atoms with Crippen LogP contribution >= 0.6 is 0 Å². The Morgan fingerprint density at radius 2 is 1.90 bits per heavy atom. The Kier molecular flexibility index (Phi) is 4.52. The monoisotopic (exact) mass is 275 g/mol. The normalized spacial score (nSPS) is 13.4. The molecule has 0 aliphatic rings. The number of aromatic nitrogens is 2. The Hall–Kier alpha value is -1.72. The first kappa shape index (κ1) is 14.7. The SMILES string of the molecule is CNC(c1ccccc1)c1nnc(COC(C)(C)C)o1. The summed E-state index contributed by atoms with van der Waals surface area (Å²) < 4.78 is 11.3. The van der Waals surface area contributed by atoms with Crippen molar-refractivity contribution in [1.29, 1.82) is 0 Å². The molecule has 0 bridgehead atoms. The number of benzene rings is 1. The quantitative estimate of drug-likeness (QED) is 0.909. The van der Waals surface area contributed by atoms with Crippen LogP contribution in [-0.4, -0.2) is 22.8 Å². The molecule has 1 N–H and O–H groups in total. The number of hydrogen-bond donors (Lipinski definition) is 1. The topological polar surface area (TPSA) is 60.2 Å². The Labute approximate surface area is 119 Å². The minimum Gasteiger partial charge on any atom is -0.421 e. The molecule has 5 heteroatoms. The summed E-state index contributed by atoms with van der Waals surface area (Å²) >= 11 is 0. The zero-order valence-corrected chi connectivity index (χ0v) is 12.4. The molecule has 1 aromatic carbocycles. The number of rotatable bonds is 5. The third kappa shape index (κ3) is 3.88. The van der Waals surface area contributed by atoms with E-state index in [0.717, 1.165) is 5.56 Å². The molecule has 0 saturated heterocycles. The van der Waals surface area contributed by atoms with Gasteiger partial charge in [-0.05, 0) is 33.4 Å². The van der Waals surface area contributed by atoms with Crippen molar-refractivity contribution in [2.75, 3.05) is 7.05 Å². The molecule has 0 saturated carbocycles. The molecule has 1 atom stereocenters. The van der Waals surface area contributed by atoms with Crippen LogP contribution in [0.25, 0.3) is 0 Å². The molecule has 108 valence electrons. The van der Waals surface area contributed by atoms with E-state index in [2.05, 4.69) is 15.5 Å². The van der Waals surface area contributed by atoms with Gasteiger partial charge >= 0.3 is 0 Å². The van der Waals surface area contributed by atoms with E-state index < -0.39 is 0 Å². The molecule has 0 spiro atoms. The summed E-state index contributed by atoms with van der Waals surface area (Å²) in [4.78, 5) is 0. The highest BCUT2D eigenvalue weighted by Gasteiger charge is 2.20. The zero-order valence-electron chi connectivity index (χ0n) is 12.4. The maximum Gasteiger partial charge on any atom is 0.242 e. The van der Waals surface area contributed by atoms with Gasteiger partial charge in [0.2, 0.25) is 11.8 Å². The van der Waals surface area contributed by atoms with Gasteiger partial charge in [0, 0.05) is 0 Å². The van der Waals surface area contributed by atoms with Crippen molar-refractivity contribution in [3.05, 3.63) is 47.7 Å². The molecule has 0 fully saturated rings. The third-order valence-electron chi connectivity index (χ3n) is 2.78. The predicted octanol–water partition coefficient (Wildman–Crippen LogP) is 2.69. The minimum absolute atomic E-state index is 0.105. The van der Waals surface area contributed by atoms with Gasteiger partial charge in [-0.15, -0.1) is 10.2 Å². The van der Waals surface area contributed by atoms with E-state index in [0.29, 0.717) is 18.4 Å². The molecule has 2 aromatic rings. The van der Waals surface area contributed by atoms with Crippen molar-refractivity contribution in [3.63, 3.8) is 0 Å². The average molecular weight is 275 g/mol. The molecule has 0 radical (unpaired) electrons. The fraction of sp³-hybridized carbons (Fsp3) is 0.467. The molecule has 1 aromatic heterocycles. The van der Waals surface area contributed by atoms with E-state index in [1.54, 1.807) is 0 Å². The molecule has 5 nitrogen and oxygen atoms in total. The highest BCUT2D eigenvalue weighted by atomic mass is 16.5.